The molecule has 4 N–H and O–H groups in total. The monoisotopic (exact) mass is 494 g/mol. The van der Waals surface area contributed by atoms with Crippen molar-refractivity contribution < 1.29 is 8.42 Å². The minimum absolute atomic E-state index is 0. The van der Waals surface area contributed by atoms with Crippen LogP contribution in [0.25, 0.3) is 0 Å². The maximum Gasteiger partial charge on any atom is 0.208 e. The quantitative estimate of drug-likeness (QED) is 0.235. The number of aliphatic imine (C=N–C) groups is 1. The molecule has 0 fully saturated rings. The van der Waals surface area contributed by atoms with Crippen LogP contribution in [0.3, 0.4) is 0 Å². The first-order valence-electron chi connectivity index (χ1n) is 6.65. The Morgan fingerprint density at radius 2 is 2.04 bits per heavy atom. The molecule has 0 aliphatic rings. The van der Waals surface area contributed by atoms with Crippen molar-refractivity contribution in [2.75, 3.05) is 19.3 Å². The highest BCUT2D eigenvalue weighted by atomic mass is 127. The highest BCUT2D eigenvalue weighted by Crippen LogP contribution is 2.25. The van der Waals surface area contributed by atoms with Crippen LogP contribution < -0.4 is 15.8 Å². The fourth-order valence-electron chi connectivity index (χ4n) is 1.73. The van der Waals surface area contributed by atoms with Gasteiger partial charge >= 0.3 is 0 Å². The lowest BCUT2D eigenvalue weighted by Crippen LogP contribution is -2.34. The van der Waals surface area contributed by atoms with Gasteiger partial charge in [0, 0.05) is 23.1 Å². The Morgan fingerprint density at radius 1 is 1.39 bits per heavy atom. The lowest BCUT2D eigenvalue weighted by atomic mass is 10.1. The molecule has 0 saturated heterocycles. The fourth-order valence-corrected chi connectivity index (χ4v) is 2.82. The van der Waals surface area contributed by atoms with Crippen molar-refractivity contribution in [1.29, 1.82) is 0 Å². The Balaban J connectivity index is 0.00000484. The summed E-state index contributed by atoms with van der Waals surface area (Å²) >= 11 is 12.0. The number of rotatable bonds is 7. The third kappa shape index (κ3) is 9.55. The molecule has 0 aliphatic carbocycles. The van der Waals surface area contributed by atoms with E-state index in [4.69, 9.17) is 28.9 Å². The van der Waals surface area contributed by atoms with Crippen molar-refractivity contribution in [3.05, 3.63) is 33.8 Å². The summed E-state index contributed by atoms with van der Waals surface area (Å²) in [6, 6.07) is 5.13. The molecule has 0 heterocycles. The lowest BCUT2D eigenvalue weighted by molar-refractivity contribution is 0.585. The Morgan fingerprint density at radius 3 is 2.61 bits per heavy atom. The maximum absolute atomic E-state index is 10.9. The average molecular weight is 495 g/mol. The topological polar surface area (TPSA) is 96.6 Å². The van der Waals surface area contributed by atoms with Crippen LogP contribution in [0.1, 0.15) is 24.9 Å². The SMILES string of the molecule is CC(NC(N)=NCCCNS(C)(=O)=O)c1ccc(Cl)cc1Cl.I. The summed E-state index contributed by atoms with van der Waals surface area (Å²) < 4.78 is 24.1. The molecular formula is C13H21Cl2IN4O2S. The molecule has 0 spiro atoms. The van der Waals surface area contributed by atoms with Gasteiger partial charge in [0.15, 0.2) is 5.96 Å². The number of nitrogens with one attached hydrogen (secondary N) is 2. The van der Waals surface area contributed by atoms with Gasteiger partial charge in [0.25, 0.3) is 0 Å². The standard InChI is InChI=1S/C13H20Cl2N4O2S.HI/c1-9(11-5-4-10(14)8-12(11)15)19-13(16)17-6-3-7-18-22(2,20)21;/h4-5,8-9,18H,3,6-7H2,1-2H3,(H3,16,17,19);1H. The predicted octanol–water partition coefficient (Wildman–Crippen LogP) is 2.52. The summed E-state index contributed by atoms with van der Waals surface area (Å²) in [5, 5.41) is 4.15. The van der Waals surface area contributed by atoms with Gasteiger partial charge in [-0.15, -0.1) is 24.0 Å². The number of hydrogen-bond donors (Lipinski definition) is 3. The average Bonchev–Trinajstić information content (AvgIpc) is 2.36. The maximum atomic E-state index is 10.9. The zero-order valence-electron chi connectivity index (χ0n) is 12.8. The summed E-state index contributed by atoms with van der Waals surface area (Å²) in [4.78, 5) is 4.14. The highest BCUT2D eigenvalue weighted by molar-refractivity contribution is 14.0. The Bertz CT molecular complexity index is 641. The van der Waals surface area contributed by atoms with E-state index in [2.05, 4.69) is 15.0 Å². The zero-order valence-corrected chi connectivity index (χ0v) is 17.5. The molecule has 23 heavy (non-hydrogen) atoms. The fraction of sp³-hybridized carbons (Fsp3) is 0.462. The second-order valence-corrected chi connectivity index (χ2v) is 7.50. The molecule has 0 radical (unpaired) electrons. The van der Waals surface area contributed by atoms with Gasteiger partial charge in [0.05, 0.1) is 12.3 Å². The van der Waals surface area contributed by atoms with E-state index in [0.717, 1.165) is 11.8 Å². The van der Waals surface area contributed by atoms with E-state index >= 15 is 0 Å². The van der Waals surface area contributed by atoms with Crippen molar-refractivity contribution in [2.24, 2.45) is 10.7 Å². The normalized spacial score (nSPS) is 13.3. The van der Waals surface area contributed by atoms with Crippen LogP contribution in [0.4, 0.5) is 0 Å². The van der Waals surface area contributed by atoms with E-state index < -0.39 is 10.0 Å². The minimum Gasteiger partial charge on any atom is -0.370 e. The van der Waals surface area contributed by atoms with Crippen LogP contribution in [0, 0.1) is 0 Å². The molecule has 132 valence electrons. The first-order valence-corrected chi connectivity index (χ1v) is 9.30. The lowest BCUT2D eigenvalue weighted by Gasteiger charge is -2.16. The van der Waals surface area contributed by atoms with Gasteiger partial charge in [0.2, 0.25) is 10.0 Å². The van der Waals surface area contributed by atoms with Gasteiger partial charge in [-0.05, 0) is 31.0 Å². The summed E-state index contributed by atoms with van der Waals surface area (Å²) in [5.41, 5.74) is 6.65. The van der Waals surface area contributed by atoms with E-state index in [1.165, 1.54) is 0 Å². The largest absolute Gasteiger partial charge is 0.370 e. The van der Waals surface area contributed by atoms with Crippen molar-refractivity contribution in [2.45, 2.75) is 19.4 Å². The molecule has 1 aromatic rings. The summed E-state index contributed by atoms with van der Waals surface area (Å²) in [7, 11) is -3.16. The van der Waals surface area contributed by atoms with Gasteiger partial charge in [-0.25, -0.2) is 13.1 Å². The second kappa shape index (κ2) is 10.5. The van der Waals surface area contributed by atoms with Crippen molar-refractivity contribution in [3.8, 4) is 0 Å². The van der Waals surface area contributed by atoms with Gasteiger partial charge in [0.1, 0.15) is 0 Å². The number of halogens is 3. The third-order valence-electron chi connectivity index (χ3n) is 2.77. The van der Waals surface area contributed by atoms with Crippen LogP contribution >= 0.6 is 47.2 Å². The molecular weight excluding hydrogens is 474 g/mol. The van der Waals surface area contributed by atoms with Crippen molar-refractivity contribution in [3.63, 3.8) is 0 Å². The summed E-state index contributed by atoms with van der Waals surface area (Å²) in [6.45, 7) is 2.65. The number of sulfonamides is 1. The van der Waals surface area contributed by atoms with Gasteiger partial charge < -0.3 is 11.1 Å². The first-order chi connectivity index (χ1) is 10.2. The molecule has 0 saturated carbocycles. The van der Waals surface area contributed by atoms with E-state index in [1.54, 1.807) is 12.1 Å². The van der Waals surface area contributed by atoms with Crippen LogP contribution in [0.5, 0.6) is 0 Å². The van der Waals surface area contributed by atoms with Crippen molar-refractivity contribution in [1.82, 2.24) is 10.0 Å². The molecule has 1 aromatic carbocycles. The summed E-state index contributed by atoms with van der Waals surface area (Å²) in [5.74, 6) is 0.276. The molecule has 6 nitrogen and oxygen atoms in total. The van der Waals surface area contributed by atoms with Gasteiger partial charge in [-0.3, -0.25) is 4.99 Å². The first kappa shape index (κ1) is 22.7. The smallest absolute Gasteiger partial charge is 0.208 e. The Kier molecular flexibility index (Phi) is 10.4. The molecule has 0 aromatic heterocycles. The van der Waals surface area contributed by atoms with Crippen LogP contribution in [0.2, 0.25) is 10.0 Å². The minimum atomic E-state index is -3.16. The van der Waals surface area contributed by atoms with Gasteiger partial charge in [-0.1, -0.05) is 29.3 Å². The third-order valence-corrected chi connectivity index (χ3v) is 4.07. The van der Waals surface area contributed by atoms with E-state index in [9.17, 15) is 8.42 Å². The zero-order chi connectivity index (χ0) is 16.8. The van der Waals surface area contributed by atoms with Crippen LogP contribution in [0.15, 0.2) is 23.2 Å². The van der Waals surface area contributed by atoms with Crippen LogP contribution in [-0.4, -0.2) is 33.7 Å². The highest BCUT2D eigenvalue weighted by Gasteiger charge is 2.10. The molecule has 0 aliphatic heterocycles. The number of hydrogen-bond acceptors (Lipinski definition) is 3. The molecule has 1 unspecified atom stereocenters. The van der Waals surface area contributed by atoms with Crippen LogP contribution in [-0.2, 0) is 10.0 Å². The predicted molar refractivity (Wildman–Crippen MR) is 107 cm³/mol. The number of nitrogens with zero attached hydrogens (tertiary/aromatic N) is 1. The molecule has 1 rings (SSSR count). The Labute approximate surface area is 164 Å². The number of guanidine groups is 1. The Hall–Kier alpha value is -0.290. The second-order valence-electron chi connectivity index (χ2n) is 4.82. The summed E-state index contributed by atoms with van der Waals surface area (Å²) in [6.07, 6.45) is 1.68. The molecule has 10 heteroatoms. The molecule has 0 amide bonds. The molecule has 0 bridgehead atoms. The van der Waals surface area contributed by atoms with Crippen molar-refractivity contribution >= 4 is 63.2 Å². The van der Waals surface area contributed by atoms with E-state index in [-0.39, 0.29) is 36.0 Å². The van der Waals surface area contributed by atoms with E-state index in [0.29, 0.717) is 29.6 Å². The number of benzene rings is 1. The number of nitrogens with two attached hydrogens (primary N) is 1. The van der Waals surface area contributed by atoms with E-state index in [1.807, 2.05) is 13.0 Å². The van der Waals surface area contributed by atoms with Gasteiger partial charge in [-0.2, -0.15) is 0 Å². The molecule has 1 atom stereocenters.